The molecule has 0 aromatic carbocycles. The first-order chi connectivity index (χ1) is 5.15. The molecule has 0 bridgehead atoms. The van der Waals surface area contributed by atoms with Crippen LogP contribution < -0.4 is 0 Å². The molecule has 1 heterocycles. The largest absolute Gasteiger partial charge is 0.341 e. The van der Waals surface area contributed by atoms with E-state index >= 15 is 0 Å². The smallest absolute Gasteiger partial charge is 0.242 e. The molecule has 0 aromatic heterocycles. The summed E-state index contributed by atoms with van der Waals surface area (Å²) in [4.78, 5) is 4.25. The summed E-state index contributed by atoms with van der Waals surface area (Å²) in [6, 6.07) is 0. The maximum Gasteiger partial charge on any atom is 0.242 e. The molecule has 1 atom stereocenters. The van der Waals surface area contributed by atoms with Crippen molar-refractivity contribution in [3.8, 4) is 0 Å². The van der Waals surface area contributed by atoms with Crippen LogP contribution in [0.4, 0.5) is 0 Å². The maximum atomic E-state index is 5.05. The molecule has 0 fully saturated rings. The van der Waals surface area contributed by atoms with Crippen LogP contribution in [0.2, 0.25) is 0 Å². The number of nitrogens with zero attached hydrogens (tertiary/aromatic N) is 3. The van der Waals surface area contributed by atoms with Gasteiger partial charge in [0.15, 0.2) is 0 Å². The van der Waals surface area contributed by atoms with Gasteiger partial charge in [-0.25, -0.2) is 4.99 Å². The van der Waals surface area contributed by atoms with Gasteiger partial charge in [-0.05, 0) is 13.8 Å². The number of aliphatic imine (C=N–C) groups is 1. The van der Waals surface area contributed by atoms with Gasteiger partial charge in [-0.3, -0.25) is 5.01 Å². The Kier molecular flexibility index (Phi) is 2.24. The summed E-state index contributed by atoms with van der Waals surface area (Å²) in [7, 11) is 3.46. The van der Waals surface area contributed by atoms with E-state index in [1.165, 1.54) is 0 Å². The third-order valence-corrected chi connectivity index (χ3v) is 1.67. The van der Waals surface area contributed by atoms with E-state index in [1.54, 1.807) is 12.1 Å². The molecule has 1 rings (SSSR count). The van der Waals surface area contributed by atoms with Crippen LogP contribution in [0.25, 0.3) is 0 Å². The molecule has 0 spiro atoms. The number of ether oxygens (including phenoxy) is 1. The molecule has 1 unspecified atom stereocenters. The first-order valence-electron chi connectivity index (χ1n) is 3.50. The van der Waals surface area contributed by atoms with Crippen LogP contribution in [0.3, 0.4) is 0 Å². The number of methoxy groups -OCH3 is 1. The Bertz CT molecular complexity index is 210. The second kappa shape index (κ2) is 3.00. The maximum absolute atomic E-state index is 5.05. The molecule has 0 aliphatic carbocycles. The first-order valence-corrected chi connectivity index (χ1v) is 3.50. The molecule has 0 amide bonds. The number of hydrogen-bond donors (Lipinski definition) is 0. The lowest BCUT2D eigenvalue weighted by atomic mass is 10.3. The van der Waals surface area contributed by atoms with Crippen molar-refractivity contribution in [1.82, 2.24) is 5.01 Å². The average molecular weight is 155 g/mol. The standard InChI is InChI=1S/C7H13N3O/c1-5-6(2)9-10(3)7(8-5)11-4/h7H,1-4H3. The predicted molar refractivity (Wildman–Crippen MR) is 44.8 cm³/mol. The van der Waals surface area contributed by atoms with Crippen LogP contribution in [0.5, 0.6) is 0 Å². The van der Waals surface area contributed by atoms with E-state index in [2.05, 4.69) is 10.1 Å². The van der Waals surface area contributed by atoms with Gasteiger partial charge in [-0.2, -0.15) is 5.10 Å². The summed E-state index contributed by atoms with van der Waals surface area (Å²) >= 11 is 0. The van der Waals surface area contributed by atoms with Crippen LogP contribution in [0, 0.1) is 0 Å². The zero-order chi connectivity index (χ0) is 8.43. The Morgan fingerprint density at radius 1 is 1.36 bits per heavy atom. The minimum atomic E-state index is -0.251. The van der Waals surface area contributed by atoms with Crippen LogP contribution in [-0.4, -0.2) is 36.9 Å². The van der Waals surface area contributed by atoms with E-state index < -0.39 is 0 Å². The molecular weight excluding hydrogens is 142 g/mol. The number of hydrazone groups is 1. The van der Waals surface area contributed by atoms with Crippen molar-refractivity contribution < 1.29 is 4.74 Å². The fourth-order valence-electron chi connectivity index (χ4n) is 0.906. The summed E-state index contributed by atoms with van der Waals surface area (Å²) in [6.45, 7) is 3.86. The molecule has 0 N–H and O–H groups in total. The van der Waals surface area contributed by atoms with Crippen molar-refractivity contribution in [1.29, 1.82) is 0 Å². The zero-order valence-corrected chi connectivity index (χ0v) is 7.33. The van der Waals surface area contributed by atoms with Crippen molar-refractivity contribution >= 4 is 11.4 Å². The Morgan fingerprint density at radius 3 is 2.55 bits per heavy atom. The number of hydrogen-bond acceptors (Lipinski definition) is 4. The van der Waals surface area contributed by atoms with Crippen LogP contribution >= 0.6 is 0 Å². The van der Waals surface area contributed by atoms with E-state index in [-0.39, 0.29) is 6.35 Å². The molecule has 4 heteroatoms. The SMILES string of the molecule is COC1N=C(C)C(C)=NN1C. The normalized spacial score (nSPS) is 24.7. The molecule has 11 heavy (non-hydrogen) atoms. The monoisotopic (exact) mass is 155 g/mol. The van der Waals surface area contributed by atoms with E-state index in [1.807, 2.05) is 20.9 Å². The first kappa shape index (κ1) is 8.20. The van der Waals surface area contributed by atoms with E-state index in [0.717, 1.165) is 11.4 Å². The summed E-state index contributed by atoms with van der Waals surface area (Å²) in [5, 5.41) is 5.91. The summed E-state index contributed by atoms with van der Waals surface area (Å²) in [5.74, 6) is 0. The molecule has 62 valence electrons. The summed E-state index contributed by atoms with van der Waals surface area (Å²) in [6.07, 6.45) is -0.251. The average Bonchev–Trinajstić information content (AvgIpc) is 1.97. The molecule has 0 radical (unpaired) electrons. The summed E-state index contributed by atoms with van der Waals surface area (Å²) in [5.41, 5.74) is 1.88. The minimum absolute atomic E-state index is 0.251. The third-order valence-electron chi connectivity index (χ3n) is 1.67. The molecular formula is C7H13N3O. The molecule has 4 nitrogen and oxygen atoms in total. The lowest BCUT2D eigenvalue weighted by Gasteiger charge is -2.25. The highest BCUT2D eigenvalue weighted by Gasteiger charge is 2.16. The fourth-order valence-corrected chi connectivity index (χ4v) is 0.906. The van der Waals surface area contributed by atoms with Crippen LogP contribution in [-0.2, 0) is 4.74 Å². The Labute approximate surface area is 66.6 Å². The molecule has 1 aliphatic heterocycles. The van der Waals surface area contributed by atoms with Gasteiger partial charge in [0.1, 0.15) is 0 Å². The highest BCUT2D eigenvalue weighted by molar-refractivity contribution is 6.40. The van der Waals surface area contributed by atoms with Gasteiger partial charge in [0.2, 0.25) is 6.35 Å². The van der Waals surface area contributed by atoms with Gasteiger partial charge in [0, 0.05) is 14.2 Å². The van der Waals surface area contributed by atoms with Gasteiger partial charge >= 0.3 is 0 Å². The van der Waals surface area contributed by atoms with Crippen molar-refractivity contribution in [2.75, 3.05) is 14.2 Å². The summed E-state index contributed by atoms with van der Waals surface area (Å²) < 4.78 is 5.05. The second-order valence-corrected chi connectivity index (χ2v) is 2.54. The van der Waals surface area contributed by atoms with E-state index in [4.69, 9.17) is 4.74 Å². The van der Waals surface area contributed by atoms with E-state index in [9.17, 15) is 0 Å². The molecule has 1 aliphatic rings. The van der Waals surface area contributed by atoms with Gasteiger partial charge in [-0.1, -0.05) is 0 Å². The quantitative estimate of drug-likeness (QED) is 0.559. The zero-order valence-electron chi connectivity index (χ0n) is 7.33. The van der Waals surface area contributed by atoms with Crippen LogP contribution in [0.15, 0.2) is 10.1 Å². The second-order valence-electron chi connectivity index (χ2n) is 2.54. The van der Waals surface area contributed by atoms with E-state index in [0.29, 0.717) is 0 Å². The van der Waals surface area contributed by atoms with Crippen molar-refractivity contribution in [3.63, 3.8) is 0 Å². The molecule has 0 saturated carbocycles. The van der Waals surface area contributed by atoms with Gasteiger partial charge in [0.05, 0.1) is 11.4 Å². The lowest BCUT2D eigenvalue weighted by Crippen LogP contribution is -2.34. The predicted octanol–water partition coefficient (Wildman–Crippen LogP) is 0.699. The Balaban J connectivity index is 2.79. The highest BCUT2D eigenvalue weighted by atomic mass is 16.5. The molecule has 0 saturated heterocycles. The minimum Gasteiger partial charge on any atom is -0.341 e. The highest BCUT2D eigenvalue weighted by Crippen LogP contribution is 2.06. The Morgan fingerprint density at radius 2 is 2.00 bits per heavy atom. The van der Waals surface area contributed by atoms with Crippen LogP contribution in [0.1, 0.15) is 13.8 Å². The van der Waals surface area contributed by atoms with Crippen molar-refractivity contribution in [2.24, 2.45) is 10.1 Å². The topological polar surface area (TPSA) is 37.2 Å². The van der Waals surface area contributed by atoms with Crippen molar-refractivity contribution in [3.05, 3.63) is 0 Å². The van der Waals surface area contributed by atoms with Gasteiger partial charge < -0.3 is 4.74 Å². The third kappa shape index (κ3) is 1.57. The number of rotatable bonds is 1. The fraction of sp³-hybridized carbons (Fsp3) is 0.714. The lowest BCUT2D eigenvalue weighted by molar-refractivity contribution is -0.0109. The van der Waals surface area contributed by atoms with Crippen molar-refractivity contribution in [2.45, 2.75) is 20.2 Å². The molecule has 0 aromatic rings. The Hall–Kier alpha value is -0.900. The van der Waals surface area contributed by atoms with Gasteiger partial charge in [-0.15, -0.1) is 0 Å². The van der Waals surface area contributed by atoms with Gasteiger partial charge in [0.25, 0.3) is 0 Å².